The van der Waals surface area contributed by atoms with E-state index in [4.69, 9.17) is 5.26 Å². The molecule has 2 aromatic carbocycles. The molecule has 1 N–H and O–H groups in total. The molecule has 0 radical (unpaired) electrons. The Balaban J connectivity index is 2.00. The number of anilines is 1. The zero-order chi connectivity index (χ0) is 21.4. The first kappa shape index (κ1) is 19.8. The minimum Gasteiger partial charge on any atom is -0.359 e. The summed E-state index contributed by atoms with van der Waals surface area (Å²) in [5.41, 5.74) is 0.201. The van der Waals surface area contributed by atoms with Crippen LogP contribution in [0.5, 0.6) is 0 Å². The van der Waals surface area contributed by atoms with Crippen molar-refractivity contribution in [2.24, 2.45) is 0 Å². The molecule has 0 spiro atoms. The predicted molar refractivity (Wildman–Crippen MR) is 108 cm³/mol. The third kappa shape index (κ3) is 3.35. The highest BCUT2D eigenvalue weighted by molar-refractivity contribution is 8.15. The van der Waals surface area contributed by atoms with Crippen molar-refractivity contribution in [1.82, 2.24) is 4.98 Å². The summed E-state index contributed by atoms with van der Waals surface area (Å²) in [5.74, 6) is -1.83. The first-order chi connectivity index (χ1) is 14.4. The number of hydrogen-bond donors (Lipinski definition) is 1. The smallest absolute Gasteiger partial charge is 0.305 e. The fraction of sp³-hybridized carbons (Fsp3) is 0.143. The Morgan fingerprint density at radius 2 is 1.90 bits per heavy atom. The molecule has 1 aliphatic rings. The fourth-order valence-corrected chi connectivity index (χ4v) is 4.15. The van der Waals surface area contributed by atoms with Gasteiger partial charge < -0.3 is 9.88 Å². The van der Waals surface area contributed by atoms with E-state index in [2.05, 4.69) is 4.98 Å². The van der Waals surface area contributed by atoms with E-state index in [1.807, 2.05) is 0 Å². The molecule has 1 aliphatic heterocycles. The van der Waals surface area contributed by atoms with Gasteiger partial charge in [0.1, 0.15) is 23.3 Å². The van der Waals surface area contributed by atoms with Crippen LogP contribution in [0.2, 0.25) is 0 Å². The van der Waals surface area contributed by atoms with Crippen LogP contribution in [0, 0.1) is 23.0 Å². The SMILES string of the molecule is N#Cc1c[nH]c2c(Cc3ccc(F)cc3)c(N3CCSC(=O)C3=O)c(F)cc2c1=O. The highest BCUT2D eigenvalue weighted by Gasteiger charge is 2.32. The zero-order valence-corrected chi connectivity index (χ0v) is 16.2. The molecule has 3 aromatic rings. The van der Waals surface area contributed by atoms with Crippen LogP contribution in [0.4, 0.5) is 14.5 Å². The average molecular weight is 425 g/mol. The lowest BCUT2D eigenvalue weighted by Gasteiger charge is -2.28. The van der Waals surface area contributed by atoms with Crippen LogP contribution in [0.25, 0.3) is 10.9 Å². The van der Waals surface area contributed by atoms with Crippen molar-refractivity contribution >= 4 is 39.4 Å². The van der Waals surface area contributed by atoms with Gasteiger partial charge in [-0.3, -0.25) is 14.4 Å². The number of carbonyl (C=O) groups is 2. The number of nitriles is 1. The first-order valence-corrected chi connectivity index (χ1v) is 9.89. The van der Waals surface area contributed by atoms with E-state index < -0.39 is 28.1 Å². The largest absolute Gasteiger partial charge is 0.359 e. The summed E-state index contributed by atoms with van der Waals surface area (Å²) in [6.45, 7) is 0.120. The van der Waals surface area contributed by atoms with Crippen molar-refractivity contribution < 1.29 is 18.4 Å². The summed E-state index contributed by atoms with van der Waals surface area (Å²) < 4.78 is 28.6. The molecule has 30 heavy (non-hydrogen) atoms. The summed E-state index contributed by atoms with van der Waals surface area (Å²) in [6.07, 6.45) is 1.29. The van der Waals surface area contributed by atoms with Crippen LogP contribution in [0.15, 0.2) is 41.3 Å². The molecule has 2 heterocycles. The molecule has 4 rings (SSSR count). The van der Waals surface area contributed by atoms with Gasteiger partial charge in [-0.1, -0.05) is 23.9 Å². The van der Waals surface area contributed by atoms with Gasteiger partial charge >= 0.3 is 5.91 Å². The molecule has 0 saturated carbocycles. The summed E-state index contributed by atoms with van der Waals surface area (Å²) in [5, 5.41) is 8.37. The Bertz CT molecular complexity index is 1300. The van der Waals surface area contributed by atoms with Crippen LogP contribution >= 0.6 is 11.8 Å². The topological polar surface area (TPSA) is 94.0 Å². The number of nitrogens with one attached hydrogen (secondary N) is 1. The molecule has 1 aromatic heterocycles. The number of nitrogens with zero attached hydrogens (tertiary/aromatic N) is 2. The van der Waals surface area contributed by atoms with Gasteiger partial charge in [0.25, 0.3) is 5.12 Å². The minimum absolute atomic E-state index is 0.0439. The van der Waals surface area contributed by atoms with Crippen molar-refractivity contribution in [3.8, 4) is 6.07 Å². The molecule has 6 nitrogen and oxygen atoms in total. The number of carbonyl (C=O) groups excluding carboxylic acids is 2. The quantitative estimate of drug-likeness (QED) is 0.652. The number of amides is 1. The number of aromatic amines is 1. The Labute approximate surface area is 173 Å². The van der Waals surface area contributed by atoms with Crippen LogP contribution in [0.3, 0.4) is 0 Å². The number of hydrogen-bond acceptors (Lipinski definition) is 5. The fourth-order valence-electron chi connectivity index (χ4n) is 3.46. The molecule has 0 atom stereocenters. The molecular weight excluding hydrogens is 412 g/mol. The highest BCUT2D eigenvalue weighted by atomic mass is 32.2. The zero-order valence-electron chi connectivity index (χ0n) is 15.4. The Kier molecular flexibility index (Phi) is 5.10. The molecule has 0 bridgehead atoms. The molecular formula is C21H13F2N3O3S. The number of rotatable bonds is 3. The third-order valence-electron chi connectivity index (χ3n) is 4.86. The van der Waals surface area contributed by atoms with Gasteiger partial charge in [-0.2, -0.15) is 5.26 Å². The second-order valence-electron chi connectivity index (χ2n) is 6.65. The van der Waals surface area contributed by atoms with Gasteiger partial charge in [0.05, 0.1) is 16.6 Å². The normalized spacial score (nSPS) is 14.2. The summed E-state index contributed by atoms with van der Waals surface area (Å²) in [6, 6.07) is 8.24. The van der Waals surface area contributed by atoms with Gasteiger partial charge in [0.2, 0.25) is 5.43 Å². The number of pyridine rings is 1. The number of thioether (sulfide) groups is 1. The maximum Gasteiger partial charge on any atom is 0.305 e. The first-order valence-electron chi connectivity index (χ1n) is 8.90. The third-order valence-corrected chi connectivity index (χ3v) is 5.68. The second kappa shape index (κ2) is 7.72. The van der Waals surface area contributed by atoms with E-state index >= 15 is 4.39 Å². The van der Waals surface area contributed by atoms with Gasteiger partial charge in [0, 0.05) is 30.5 Å². The van der Waals surface area contributed by atoms with Crippen molar-refractivity contribution in [2.45, 2.75) is 6.42 Å². The molecule has 9 heteroatoms. The average Bonchev–Trinajstić information content (AvgIpc) is 2.73. The number of halogens is 2. The van der Waals surface area contributed by atoms with Gasteiger partial charge in [-0.15, -0.1) is 0 Å². The van der Waals surface area contributed by atoms with E-state index in [1.165, 1.54) is 30.5 Å². The van der Waals surface area contributed by atoms with E-state index in [0.717, 1.165) is 22.7 Å². The molecule has 0 aliphatic carbocycles. The molecule has 1 amide bonds. The van der Waals surface area contributed by atoms with E-state index in [9.17, 15) is 18.8 Å². The van der Waals surface area contributed by atoms with Crippen molar-refractivity contribution in [1.29, 1.82) is 5.26 Å². The van der Waals surface area contributed by atoms with Gasteiger partial charge in [-0.05, 0) is 23.8 Å². The van der Waals surface area contributed by atoms with Crippen molar-refractivity contribution in [3.63, 3.8) is 0 Å². The summed E-state index contributed by atoms with van der Waals surface area (Å²) in [4.78, 5) is 40.9. The summed E-state index contributed by atoms with van der Waals surface area (Å²) >= 11 is 0.865. The number of aromatic nitrogens is 1. The molecule has 1 fully saturated rings. The van der Waals surface area contributed by atoms with E-state index in [-0.39, 0.29) is 40.7 Å². The van der Waals surface area contributed by atoms with E-state index in [1.54, 1.807) is 6.07 Å². The van der Waals surface area contributed by atoms with Gasteiger partial charge in [0.15, 0.2) is 0 Å². The monoisotopic (exact) mass is 425 g/mol. The Morgan fingerprint density at radius 1 is 1.17 bits per heavy atom. The lowest BCUT2D eigenvalue weighted by molar-refractivity contribution is -0.131. The lowest BCUT2D eigenvalue weighted by atomic mass is 9.97. The number of fused-ring (bicyclic) bond motifs is 1. The Hall–Kier alpha value is -3.51. The summed E-state index contributed by atoms with van der Waals surface area (Å²) in [7, 11) is 0. The minimum atomic E-state index is -0.853. The van der Waals surface area contributed by atoms with Crippen LogP contribution in [-0.2, 0) is 16.0 Å². The maximum absolute atomic E-state index is 15.2. The molecule has 150 valence electrons. The number of H-pyrrole nitrogens is 1. The lowest BCUT2D eigenvalue weighted by Crippen LogP contribution is -2.42. The van der Waals surface area contributed by atoms with Crippen molar-refractivity contribution in [2.75, 3.05) is 17.2 Å². The number of benzene rings is 2. The van der Waals surface area contributed by atoms with Crippen LogP contribution in [-0.4, -0.2) is 28.3 Å². The second-order valence-corrected chi connectivity index (χ2v) is 7.72. The maximum atomic E-state index is 15.2. The Morgan fingerprint density at radius 3 is 2.60 bits per heavy atom. The highest BCUT2D eigenvalue weighted by Crippen LogP contribution is 2.34. The van der Waals surface area contributed by atoms with Crippen LogP contribution in [0.1, 0.15) is 16.7 Å². The van der Waals surface area contributed by atoms with Crippen LogP contribution < -0.4 is 10.3 Å². The molecule has 1 saturated heterocycles. The van der Waals surface area contributed by atoms with Gasteiger partial charge in [-0.25, -0.2) is 8.78 Å². The van der Waals surface area contributed by atoms with E-state index in [0.29, 0.717) is 11.3 Å². The predicted octanol–water partition coefficient (Wildman–Crippen LogP) is 2.88. The van der Waals surface area contributed by atoms with Crippen molar-refractivity contribution in [3.05, 3.63) is 75.1 Å². The molecule has 0 unspecified atom stereocenters. The standard InChI is InChI=1S/C21H13F2N3O3S/c22-13-3-1-11(2-4-13)7-14-17-15(19(27)12(9-24)10-25-17)8-16(23)18(14)26-5-6-30-21(29)20(26)28/h1-4,8,10H,5-7H2,(H,25,27).